The SMILES string of the molecule is CCNC(=NCC1(CCO)CCCCC1)NCCc1cc(F)cc2c1OCOC2. The fourth-order valence-corrected chi connectivity index (χ4v) is 4.37. The topological polar surface area (TPSA) is 75.1 Å². The van der Waals surface area contributed by atoms with Crippen LogP contribution in [0.3, 0.4) is 0 Å². The van der Waals surface area contributed by atoms with Crippen LogP contribution in [-0.2, 0) is 17.8 Å². The standard InChI is InChI=1S/C22H34FN3O3/c1-2-24-21(26-15-22(9-11-27)7-4-3-5-8-22)25-10-6-17-12-19(23)13-18-14-28-16-29-20(17)18/h12-13,27H,2-11,14-16H2,1H3,(H2,24,25,26). The Labute approximate surface area is 172 Å². The highest BCUT2D eigenvalue weighted by Crippen LogP contribution is 2.39. The van der Waals surface area contributed by atoms with E-state index < -0.39 is 0 Å². The quantitative estimate of drug-likeness (QED) is 0.456. The molecule has 1 aliphatic heterocycles. The normalized spacial score (nSPS) is 18.7. The number of nitrogens with one attached hydrogen (secondary N) is 2. The van der Waals surface area contributed by atoms with Crippen molar-refractivity contribution in [3.05, 3.63) is 29.1 Å². The average molecular weight is 408 g/mol. The minimum atomic E-state index is -0.267. The van der Waals surface area contributed by atoms with Crippen LogP contribution >= 0.6 is 0 Å². The Hall–Kier alpha value is -1.86. The van der Waals surface area contributed by atoms with Gasteiger partial charge in [-0.15, -0.1) is 0 Å². The zero-order valence-corrected chi connectivity index (χ0v) is 17.4. The van der Waals surface area contributed by atoms with Crippen molar-refractivity contribution in [1.82, 2.24) is 10.6 Å². The minimum absolute atomic E-state index is 0.116. The van der Waals surface area contributed by atoms with E-state index in [1.165, 1.54) is 31.4 Å². The van der Waals surface area contributed by atoms with Crippen molar-refractivity contribution >= 4 is 5.96 Å². The van der Waals surface area contributed by atoms with Crippen LogP contribution < -0.4 is 15.4 Å². The van der Waals surface area contributed by atoms with Gasteiger partial charge in [-0.2, -0.15) is 0 Å². The number of fused-ring (bicyclic) bond motifs is 1. The summed E-state index contributed by atoms with van der Waals surface area (Å²) in [5, 5.41) is 16.2. The lowest BCUT2D eigenvalue weighted by atomic mass is 9.72. The molecule has 1 heterocycles. The summed E-state index contributed by atoms with van der Waals surface area (Å²) in [7, 11) is 0. The molecule has 0 spiro atoms. The van der Waals surface area contributed by atoms with Crippen molar-refractivity contribution in [1.29, 1.82) is 0 Å². The van der Waals surface area contributed by atoms with E-state index in [-0.39, 0.29) is 24.6 Å². The van der Waals surface area contributed by atoms with Crippen molar-refractivity contribution in [2.24, 2.45) is 10.4 Å². The van der Waals surface area contributed by atoms with Crippen LogP contribution in [0.15, 0.2) is 17.1 Å². The number of ether oxygens (including phenoxy) is 2. The van der Waals surface area contributed by atoms with Gasteiger partial charge in [0.15, 0.2) is 12.8 Å². The summed E-state index contributed by atoms with van der Waals surface area (Å²) in [6.07, 6.45) is 7.41. The summed E-state index contributed by atoms with van der Waals surface area (Å²) in [4.78, 5) is 4.82. The van der Waals surface area contributed by atoms with Crippen molar-refractivity contribution in [2.45, 2.75) is 58.5 Å². The zero-order chi connectivity index (χ0) is 20.5. The molecular formula is C22H34FN3O3. The largest absolute Gasteiger partial charge is 0.467 e. The lowest BCUT2D eigenvalue weighted by molar-refractivity contribution is -0.0172. The number of hydrogen-bond donors (Lipinski definition) is 3. The minimum Gasteiger partial charge on any atom is -0.467 e. The van der Waals surface area contributed by atoms with E-state index in [2.05, 4.69) is 10.6 Å². The number of aliphatic imine (C=N–C) groups is 1. The van der Waals surface area contributed by atoms with Crippen molar-refractivity contribution in [3.8, 4) is 5.75 Å². The molecule has 29 heavy (non-hydrogen) atoms. The molecule has 3 N–H and O–H groups in total. The van der Waals surface area contributed by atoms with E-state index in [4.69, 9.17) is 14.5 Å². The first kappa shape index (κ1) is 21.8. The molecule has 0 radical (unpaired) electrons. The first-order chi connectivity index (χ1) is 14.2. The average Bonchev–Trinajstić information content (AvgIpc) is 2.73. The van der Waals surface area contributed by atoms with Gasteiger partial charge in [0.05, 0.1) is 6.61 Å². The molecule has 2 aliphatic rings. The van der Waals surface area contributed by atoms with Crippen LogP contribution in [0.5, 0.6) is 5.75 Å². The highest BCUT2D eigenvalue weighted by Gasteiger charge is 2.31. The Morgan fingerprint density at radius 1 is 1.24 bits per heavy atom. The molecule has 0 saturated heterocycles. The maximum atomic E-state index is 13.9. The second-order valence-corrected chi connectivity index (χ2v) is 8.07. The molecule has 1 aliphatic carbocycles. The van der Waals surface area contributed by atoms with Gasteiger partial charge in [-0.05, 0) is 55.7 Å². The van der Waals surface area contributed by atoms with Crippen LogP contribution in [-0.4, -0.2) is 44.1 Å². The fraction of sp³-hybridized carbons (Fsp3) is 0.682. The first-order valence-corrected chi connectivity index (χ1v) is 10.8. The summed E-state index contributed by atoms with van der Waals surface area (Å²) in [5.41, 5.74) is 1.72. The number of benzene rings is 1. The first-order valence-electron chi connectivity index (χ1n) is 10.8. The number of halogens is 1. The molecular weight excluding hydrogens is 373 g/mol. The second-order valence-electron chi connectivity index (χ2n) is 8.07. The molecule has 0 atom stereocenters. The maximum Gasteiger partial charge on any atom is 0.191 e. The van der Waals surface area contributed by atoms with Gasteiger partial charge >= 0.3 is 0 Å². The van der Waals surface area contributed by atoms with E-state index in [9.17, 15) is 9.50 Å². The number of aliphatic hydroxyl groups is 1. The monoisotopic (exact) mass is 407 g/mol. The molecule has 6 nitrogen and oxygen atoms in total. The fourth-order valence-electron chi connectivity index (χ4n) is 4.37. The molecule has 1 saturated carbocycles. The Bertz CT molecular complexity index is 685. The molecule has 0 bridgehead atoms. The van der Waals surface area contributed by atoms with Crippen LogP contribution in [0.4, 0.5) is 4.39 Å². The lowest BCUT2D eigenvalue weighted by Gasteiger charge is -2.35. The van der Waals surface area contributed by atoms with Gasteiger partial charge in [0, 0.05) is 31.8 Å². The molecule has 1 aromatic carbocycles. The molecule has 0 unspecified atom stereocenters. The van der Waals surface area contributed by atoms with Gasteiger partial charge in [-0.1, -0.05) is 19.3 Å². The highest BCUT2D eigenvalue weighted by molar-refractivity contribution is 5.79. The Morgan fingerprint density at radius 3 is 2.83 bits per heavy atom. The van der Waals surface area contributed by atoms with Crippen LogP contribution in [0.25, 0.3) is 0 Å². The number of aliphatic hydroxyl groups excluding tert-OH is 1. The summed E-state index contributed by atoms with van der Waals surface area (Å²) in [5.74, 6) is 1.24. The van der Waals surface area contributed by atoms with Crippen LogP contribution in [0, 0.1) is 11.2 Å². The number of rotatable bonds is 8. The summed E-state index contributed by atoms with van der Waals surface area (Å²) < 4.78 is 24.8. The third-order valence-corrected chi connectivity index (χ3v) is 5.91. The third kappa shape index (κ3) is 6.06. The van der Waals surface area contributed by atoms with Gasteiger partial charge in [0.2, 0.25) is 0 Å². The number of hydrogen-bond acceptors (Lipinski definition) is 4. The Morgan fingerprint density at radius 2 is 2.07 bits per heavy atom. The molecule has 7 heteroatoms. The Balaban J connectivity index is 1.61. The number of nitrogens with zero attached hydrogens (tertiary/aromatic N) is 1. The smallest absolute Gasteiger partial charge is 0.191 e. The lowest BCUT2D eigenvalue weighted by Crippen LogP contribution is -2.40. The van der Waals surface area contributed by atoms with E-state index in [1.54, 1.807) is 0 Å². The van der Waals surface area contributed by atoms with Gasteiger partial charge in [-0.25, -0.2) is 4.39 Å². The van der Waals surface area contributed by atoms with Gasteiger partial charge in [0.25, 0.3) is 0 Å². The predicted octanol–water partition coefficient (Wildman–Crippen LogP) is 3.12. The Kier molecular flexibility index (Phi) is 8.12. The molecule has 3 rings (SSSR count). The number of guanidine groups is 1. The summed E-state index contributed by atoms with van der Waals surface area (Å²) in [6.45, 7) is 4.96. The van der Waals surface area contributed by atoms with Gasteiger partial charge < -0.3 is 25.2 Å². The highest BCUT2D eigenvalue weighted by atomic mass is 19.1. The molecule has 0 amide bonds. The van der Waals surface area contributed by atoms with Crippen LogP contribution in [0.2, 0.25) is 0 Å². The molecule has 1 fully saturated rings. The molecule has 1 aromatic rings. The van der Waals surface area contributed by atoms with Gasteiger partial charge in [-0.3, -0.25) is 4.99 Å². The van der Waals surface area contributed by atoms with E-state index in [0.717, 1.165) is 55.2 Å². The second kappa shape index (κ2) is 10.8. The maximum absolute atomic E-state index is 13.9. The zero-order valence-electron chi connectivity index (χ0n) is 17.4. The van der Waals surface area contributed by atoms with Gasteiger partial charge in [0.1, 0.15) is 11.6 Å². The van der Waals surface area contributed by atoms with Crippen molar-refractivity contribution < 1.29 is 19.0 Å². The van der Waals surface area contributed by atoms with E-state index >= 15 is 0 Å². The summed E-state index contributed by atoms with van der Waals surface area (Å²) in [6, 6.07) is 3.01. The van der Waals surface area contributed by atoms with Crippen molar-refractivity contribution in [2.75, 3.05) is 33.0 Å². The molecule has 162 valence electrons. The van der Waals surface area contributed by atoms with E-state index in [1.807, 2.05) is 6.92 Å². The molecule has 0 aromatic heterocycles. The summed E-state index contributed by atoms with van der Waals surface area (Å²) >= 11 is 0. The van der Waals surface area contributed by atoms with Crippen molar-refractivity contribution in [3.63, 3.8) is 0 Å². The van der Waals surface area contributed by atoms with E-state index in [0.29, 0.717) is 19.6 Å². The predicted molar refractivity (Wildman–Crippen MR) is 112 cm³/mol. The van der Waals surface area contributed by atoms with Crippen LogP contribution in [0.1, 0.15) is 56.6 Å². The third-order valence-electron chi connectivity index (χ3n) is 5.91.